The standard InChI is InChI=1S/C21H27BFNO5/c1-19(2)20(3,4)29-22(28-19)11-7-8-14(13(23)9-11)24-15-10-12(18(24)25)16-17(15)27-21(5,6)26-16/h7-9,12,15-17H,10H2,1-6H3/t12-,15+,16+,17-/m0/s1. The largest absolute Gasteiger partial charge is 0.494 e. The maximum atomic E-state index is 15.2. The molecule has 1 amide bonds. The summed E-state index contributed by atoms with van der Waals surface area (Å²) >= 11 is 0. The quantitative estimate of drug-likeness (QED) is 0.710. The Labute approximate surface area is 170 Å². The van der Waals surface area contributed by atoms with Crippen molar-refractivity contribution in [3.8, 4) is 0 Å². The van der Waals surface area contributed by atoms with Crippen molar-refractivity contribution in [2.45, 2.75) is 83.2 Å². The van der Waals surface area contributed by atoms with E-state index >= 15 is 4.39 Å². The van der Waals surface area contributed by atoms with Crippen LogP contribution >= 0.6 is 0 Å². The van der Waals surface area contributed by atoms with Crippen LogP contribution in [0.1, 0.15) is 48.0 Å². The fourth-order valence-corrected chi connectivity index (χ4v) is 4.93. The lowest BCUT2D eigenvalue weighted by Crippen LogP contribution is -2.51. The van der Waals surface area contributed by atoms with Gasteiger partial charge in [-0.3, -0.25) is 4.79 Å². The number of halogens is 1. The average Bonchev–Trinajstić information content (AvgIpc) is 3.25. The van der Waals surface area contributed by atoms with E-state index in [0.717, 1.165) is 0 Å². The molecule has 1 saturated carbocycles. The Hall–Kier alpha value is -1.48. The third kappa shape index (κ3) is 2.72. The molecular formula is C21H27BFNO5. The van der Waals surface area contributed by atoms with Crippen LogP contribution in [-0.2, 0) is 23.6 Å². The summed E-state index contributed by atoms with van der Waals surface area (Å²) in [5.74, 6) is -1.57. The summed E-state index contributed by atoms with van der Waals surface area (Å²) < 4.78 is 39.1. The van der Waals surface area contributed by atoms with Crippen LogP contribution in [0, 0.1) is 11.7 Å². The minimum Gasteiger partial charge on any atom is -0.399 e. The zero-order valence-electron chi connectivity index (χ0n) is 17.7. The fourth-order valence-electron chi connectivity index (χ4n) is 4.93. The number of piperidine rings is 1. The molecule has 156 valence electrons. The van der Waals surface area contributed by atoms with Gasteiger partial charge in [-0.1, -0.05) is 6.07 Å². The summed E-state index contributed by atoms with van der Waals surface area (Å²) in [5.41, 5.74) is -0.132. The summed E-state index contributed by atoms with van der Waals surface area (Å²) in [5, 5.41) is 0. The molecule has 4 aliphatic rings. The van der Waals surface area contributed by atoms with E-state index in [9.17, 15) is 4.79 Å². The first-order valence-corrected chi connectivity index (χ1v) is 10.2. The molecule has 3 aliphatic heterocycles. The molecule has 4 fully saturated rings. The molecule has 2 bridgehead atoms. The van der Waals surface area contributed by atoms with Gasteiger partial charge in [0.1, 0.15) is 18.0 Å². The molecule has 4 atom stereocenters. The van der Waals surface area contributed by atoms with Gasteiger partial charge < -0.3 is 23.7 Å². The highest BCUT2D eigenvalue weighted by molar-refractivity contribution is 6.62. The minimum atomic E-state index is -0.721. The summed E-state index contributed by atoms with van der Waals surface area (Å²) in [6.07, 6.45) is 0.156. The number of fused-ring (bicyclic) bond motifs is 5. The highest BCUT2D eigenvalue weighted by atomic mass is 19.1. The third-order valence-electron chi connectivity index (χ3n) is 7.08. The number of amides is 1. The first-order chi connectivity index (χ1) is 13.4. The first kappa shape index (κ1) is 19.5. The van der Waals surface area contributed by atoms with Crippen molar-refractivity contribution in [1.82, 2.24) is 0 Å². The normalized spacial score (nSPS) is 36.2. The van der Waals surface area contributed by atoms with E-state index in [-0.39, 0.29) is 35.8 Å². The Morgan fingerprint density at radius 2 is 1.66 bits per heavy atom. The van der Waals surface area contributed by atoms with E-state index in [2.05, 4.69) is 0 Å². The molecule has 1 aromatic rings. The van der Waals surface area contributed by atoms with Crippen molar-refractivity contribution >= 4 is 24.2 Å². The monoisotopic (exact) mass is 403 g/mol. The van der Waals surface area contributed by atoms with Crippen molar-refractivity contribution in [3.05, 3.63) is 24.0 Å². The summed E-state index contributed by atoms with van der Waals surface area (Å²) in [6, 6.07) is 4.61. The average molecular weight is 403 g/mol. The molecule has 1 aliphatic carbocycles. The van der Waals surface area contributed by atoms with Gasteiger partial charge in [0.15, 0.2) is 5.79 Å². The number of hydrogen-bond acceptors (Lipinski definition) is 5. The van der Waals surface area contributed by atoms with Gasteiger partial charge in [0.25, 0.3) is 0 Å². The molecule has 0 unspecified atom stereocenters. The van der Waals surface area contributed by atoms with Gasteiger partial charge in [0, 0.05) is 0 Å². The van der Waals surface area contributed by atoms with Gasteiger partial charge in [-0.2, -0.15) is 0 Å². The number of hydrogen-bond donors (Lipinski definition) is 0. The first-order valence-electron chi connectivity index (χ1n) is 10.2. The highest BCUT2D eigenvalue weighted by Gasteiger charge is 2.64. The van der Waals surface area contributed by atoms with Crippen molar-refractivity contribution in [2.75, 3.05) is 4.90 Å². The second-order valence-electron chi connectivity index (χ2n) is 9.98. The molecule has 0 N–H and O–H groups in total. The lowest BCUT2D eigenvalue weighted by Gasteiger charge is -2.33. The Balaban J connectivity index is 1.42. The maximum Gasteiger partial charge on any atom is 0.494 e. The molecular weight excluding hydrogens is 376 g/mol. The molecule has 3 saturated heterocycles. The van der Waals surface area contributed by atoms with Crippen molar-refractivity contribution in [3.63, 3.8) is 0 Å². The van der Waals surface area contributed by atoms with E-state index in [4.69, 9.17) is 18.8 Å². The molecule has 0 spiro atoms. The van der Waals surface area contributed by atoms with Crippen LogP contribution in [0.15, 0.2) is 18.2 Å². The molecule has 1 aromatic carbocycles. The topological polar surface area (TPSA) is 57.2 Å². The van der Waals surface area contributed by atoms with Crippen molar-refractivity contribution in [2.24, 2.45) is 5.92 Å². The number of benzene rings is 1. The number of carbonyl (C=O) groups excluding carboxylic acids is 1. The van der Waals surface area contributed by atoms with Crippen LogP contribution in [-0.4, -0.2) is 48.3 Å². The lowest BCUT2D eigenvalue weighted by atomic mass is 9.79. The maximum absolute atomic E-state index is 15.2. The molecule has 0 radical (unpaired) electrons. The van der Waals surface area contributed by atoms with Gasteiger partial charge in [-0.05, 0) is 65.6 Å². The lowest BCUT2D eigenvalue weighted by molar-refractivity contribution is -0.155. The Morgan fingerprint density at radius 1 is 1.03 bits per heavy atom. The number of carbonyl (C=O) groups is 1. The predicted octanol–water partition coefficient (Wildman–Crippen LogP) is 2.38. The zero-order chi connectivity index (χ0) is 20.9. The Kier molecular flexibility index (Phi) is 3.91. The van der Waals surface area contributed by atoms with Crippen molar-refractivity contribution < 1.29 is 28.0 Å². The summed E-state index contributed by atoms with van der Waals surface area (Å²) in [4.78, 5) is 14.5. The zero-order valence-corrected chi connectivity index (χ0v) is 17.7. The van der Waals surface area contributed by atoms with Crippen LogP contribution in [0.4, 0.5) is 10.1 Å². The Bertz CT molecular complexity index is 872. The van der Waals surface area contributed by atoms with E-state index in [1.165, 1.54) is 6.07 Å². The van der Waals surface area contributed by atoms with E-state index in [0.29, 0.717) is 11.9 Å². The van der Waals surface area contributed by atoms with Crippen LogP contribution in [0.2, 0.25) is 0 Å². The van der Waals surface area contributed by atoms with Gasteiger partial charge in [-0.15, -0.1) is 0 Å². The highest BCUT2D eigenvalue weighted by Crippen LogP contribution is 2.50. The van der Waals surface area contributed by atoms with Crippen molar-refractivity contribution in [1.29, 1.82) is 0 Å². The van der Waals surface area contributed by atoms with Gasteiger partial charge in [0.05, 0.1) is 28.8 Å². The summed E-state index contributed by atoms with van der Waals surface area (Å²) in [6.45, 7) is 11.5. The molecule has 3 heterocycles. The smallest absolute Gasteiger partial charge is 0.399 e. The van der Waals surface area contributed by atoms with Crippen LogP contribution in [0.3, 0.4) is 0 Å². The second kappa shape index (κ2) is 5.81. The Morgan fingerprint density at radius 3 is 2.28 bits per heavy atom. The van der Waals surface area contributed by atoms with Crippen LogP contribution < -0.4 is 10.4 Å². The van der Waals surface area contributed by atoms with E-state index in [1.807, 2.05) is 41.5 Å². The molecule has 6 nitrogen and oxygen atoms in total. The number of rotatable bonds is 2. The fraction of sp³-hybridized carbons (Fsp3) is 0.667. The van der Waals surface area contributed by atoms with Crippen LogP contribution in [0.25, 0.3) is 0 Å². The van der Waals surface area contributed by atoms with E-state index < -0.39 is 29.9 Å². The second-order valence-corrected chi connectivity index (χ2v) is 9.98. The molecule has 0 aromatic heterocycles. The van der Waals surface area contributed by atoms with Crippen LogP contribution in [0.5, 0.6) is 0 Å². The number of ether oxygens (including phenoxy) is 2. The number of nitrogens with zero attached hydrogens (tertiary/aromatic N) is 1. The van der Waals surface area contributed by atoms with Gasteiger partial charge in [0.2, 0.25) is 5.91 Å². The predicted molar refractivity (Wildman–Crippen MR) is 105 cm³/mol. The minimum absolute atomic E-state index is 0.0974. The molecule has 29 heavy (non-hydrogen) atoms. The van der Waals surface area contributed by atoms with Gasteiger partial charge >= 0.3 is 7.12 Å². The summed E-state index contributed by atoms with van der Waals surface area (Å²) in [7, 11) is -0.647. The molecule has 5 rings (SSSR count). The molecule has 8 heteroatoms. The SMILES string of the molecule is CC1(C)O[C@@H]2[C@H](O1)[C@@H]1C[C@H]2N(c2ccc(B3OC(C)(C)C(C)(C)O3)cc2F)C1=O. The number of anilines is 1. The van der Waals surface area contributed by atoms with E-state index in [1.54, 1.807) is 17.0 Å². The third-order valence-corrected chi connectivity index (χ3v) is 7.08. The van der Waals surface area contributed by atoms with Gasteiger partial charge in [-0.25, -0.2) is 4.39 Å².